The molecule has 0 fully saturated rings. The van der Waals surface area contributed by atoms with Crippen molar-refractivity contribution in [3.05, 3.63) is 59.7 Å². The summed E-state index contributed by atoms with van der Waals surface area (Å²) in [6.07, 6.45) is 6.56. The first-order valence-corrected chi connectivity index (χ1v) is 11.2. The van der Waals surface area contributed by atoms with Crippen LogP contribution in [0.1, 0.15) is 67.3 Å². The summed E-state index contributed by atoms with van der Waals surface area (Å²) < 4.78 is 24.3. The fourth-order valence-electron chi connectivity index (χ4n) is 3.42. The molecule has 0 spiro atoms. The first kappa shape index (κ1) is 27.3. The number of hydrogen-bond donors (Lipinski definition) is 0. The quantitative estimate of drug-likeness (QED) is 0.119. The summed E-state index contributed by atoms with van der Waals surface area (Å²) >= 11 is 0. The van der Waals surface area contributed by atoms with Gasteiger partial charge < -0.3 is 14.2 Å². The van der Waals surface area contributed by atoms with Crippen molar-refractivity contribution in [3.63, 3.8) is 0 Å². The normalized spacial score (nSPS) is 11.0. The van der Waals surface area contributed by atoms with E-state index in [-0.39, 0.29) is 5.56 Å². The number of unbranched alkanes of at least 4 members (excludes halogenated alkanes) is 5. The Morgan fingerprint density at radius 3 is 1.94 bits per heavy atom. The Labute approximate surface area is 192 Å². The molecular weight excluding hydrogens is 427 g/mol. The maximum Gasteiger partial charge on any atom is 0.321 e. The van der Waals surface area contributed by atoms with Crippen LogP contribution in [0.3, 0.4) is 0 Å². The first-order valence-electron chi connectivity index (χ1n) is 10.8. The average molecular weight is 461 g/mol. The second-order valence-corrected chi connectivity index (χ2v) is 7.18. The van der Waals surface area contributed by atoms with E-state index in [9.17, 15) is 9.59 Å². The number of rotatable bonds is 13. The van der Waals surface area contributed by atoms with Gasteiger partial charge in [0.2, 0.25) is 0 Å². The van der Waals surface area contributed by atoms with Crippen molar-refractivity contribution in [2.75, 3.05) is 20.8 Å². The third kappa shape index (κ3) is 8.08. The van der Waals surface area contributed by atoms with Crippen LogP contribution >= 0.6 is 9.12 Å². The highest BCUT2D eigenvalue weighted by Gasteiger charge is 2.34. The van der Waals surface area contributed by atoms with Crippen molar-refractivity contribution < 1.29 is 28.4 Å². The van der Waals surface area contributed by atoms with Gasteiger partial charge in [-0.05, 0) is 24.1 Å². The molecular formula is C25H33O6P. The van der Waals surface area contributed by atoms with E-state index in [0.717, 1.165) is 19.3 Å². The second kappa shape index (κ2) is 16.0. The molecule has 2 aromatic carbocycles. The van der Waals surface area contributed by atoms with Crippen molar-refractivity contribution in [2.24, 2.45) is 0 Å². The summed E-state index contributed by atoms with van der Waals surface area (Å²) in [6.45, 7) is 2.49. The molecule has 1 unspecified atom stereocenters. The molecule has 0 aliphatic rings. The number of carbonyl (C=O) groups excluding carboxylic acids is 2. The van der Waals surface area contributed by atoms with Crippen LogP contribution in [0.2, 0.25) is 0 Å². The Morgan fingerprint density at radius 1 is 0.812 bits per heavy atom. The lowest BCUT2D eigenvalue weighted by Crippen LogP contribution is -2.25. The summed E-state index contributed by atoms with van der Waals surface area (Å²) in [5, 5.41) is 0. The van der Waals surface area contributed by atoms with Crippen molar-refractivity contribution in [2.45, 2.75) is 51.4 Å². The third-order valence-electron chi connectivity index (χ3n) is 5.05. The van der Waals surface area contributed by atoms with Crippen LogP contribution in [0.4, 0.5) is 0 Å². The molecule has 0 saturated carbocycles. The predicted molar refractivity (Wildman–Crippen MR) is 126 cm³/mol. The van der Waals surface area contributed by atoms with Gasteiger partial charge in [0.1, 0.15) is 32.1 Å². The topological polar surface area (TPSA) is 78.9 Å². The number of methoxy groups -OCH3 is 2. The molecule has 0 heterocycles. The van der Waals surface area contributed by atoms with Crippen LogP contribution < -0.4 is 9.47 Å². The Balaban J connectivity index is 0.00000249. The minimum atomic E-state index is -1.07. The van der Waals surface area contributed by atoms with Crippen molar-refractivity contribution in [1.29, 1.82) is 0 Å². The molecule has 0 aliphatic heterocycles. The first-order chi connectivity index (χ1) is 15.6. The van der Waals surface area contributed by atoms with Crippen LogP contribution in [0.15, 0.2) is 48.5 Å². The molecule has 0 aromatic heterocycles. The lowest BCUT2D eigenvalue weighted by molar-refractivity contribution is -0.144. The maximum absolute atomic E-state index is 13.5. The number of Topliss-reactive ketones (excluding diaryl/α,β-unsaturated/α-hetero) is 1. The van der Waals surface area contributed by atoms with E-state index in [1.807, 2.05) is 6.07 Å². The number of ketones is 1. The number of carbonyl (C=O) groups is 2. The molecule has 7 heteroatoms. The predicted octanol–water partition coefficient (Wildman–Crippen LogP) is 6.05. The van der Waals surface area contributed by atoms with E-state index in [1.54, 1.807) is 51.6 Å². The highest BCUT2D eigenvalue weighted by atomic mass is 31.0. The average Bonchev–Trinajstić information content (AvgIpc) is 2.84. The third-order valence-corrected chi connectivity index (χ3v) is 5.05. The monoisotopic (exact) mass is 460 g/mol. The molecule has 0 N–H and O–H groups in total. The van der Waals surface area contributed by atoms with Gasteiger partial charge in [-0.1, -0.05) is 75.4 Å². The molecule has 0 radical (unpaired) electrons. The van der Waals surface area contributed by atoms with E-state index in [1.165, 1.54) is 33.5 Å². The smallest absolute Gasteiger partial charge is 0.321 e. The second-order valence-electron chi connectivity index (χ2n) is 7.18. The summed E-state index contributed by atoms with van der Waals surface area (Å²) in [4.78, 5) is 26.5. The number of esters is 1. The molecule has 32 heavy (non-hydrogen) atoms. The molecule has 174 valence electrons. The van der Waals surface area contributed by atoms with Gasteiger partial charge in [0.15, 0.2) is 5.78 Å². The van der Waals surface area contributed by atoms with E-state index >= 15 is 0 Å². The summed E-state index contributed by atoms with van der Waals surface area (Å²) in [5.74, 6) is -1.29. The Morgan fingerprint density at radius 2 is 1.38 bits per heavy atom. The van der Waals surface area contributed by atoms with Crippen molar-refractivity contribution in [1.82, 2.24) is 0 Å². The van der Waals surface area contributed by atoms with Crippen molar-refractivity contribution >= 4 is 20.9 Å². The molecule has 0 bridgehead atoms. The van der Waals surface area contributed by atoms with Gasteiger partial charge in [0.25, 0.3) is 0 Å². The Hall–Kier alpha value is -2.72. The van der Waals surface area contributed by atoms with Gasteiger partial charge in [0.05, 0.1) is 20.8 Å². The van der Waals surface area contributed by atoms with Gasteiger partial charge in [-0.25, -0.2) is 0 Å². The molecule has 0 aliphatic carbocycles. The number of ether oxygens (including phenoxy) is 3. The molecule has 2 rings (SSSR count). The Kier molecular flexibility index (Phi) is 13.6. The van der Waals surface area contributed by atoms with Crippen LogP contribution in [-0.2, 0) is 14.1 Å². The van der Waals surface area contributed by atoms with E-state index in [0.29, 0.717) is 23.7 Å². The van der Waals surface area contributed by atoms with Gasteiger partial charge in [-0.3, -0.25) is 14.2 Å². The molecule has 0 saturated heterocycles. The number of benzene rings is 2. The van der Waals surface area contributed by atoms with E-state index in [4.69, 9.17) is 18.8 Å². The standard InChI is InChI=1S/C25H32O5.HOP/c1-4-5-6-7-8-12-18-30-25(27)22(19-14-10-9-11-15-19)24(26)23-20(28-2)16-13-17-21(23)29-3;1-2/h9-11,13-17,22H,4-8,12,18H2,1-3H3;2H. The number of hydrogen-bond acceptors (Lipinski definition) is 6. The zero-order valence-corrected chi connectivity index (χ0v) is 20.1. The van der Waals surface area contributed by atoms with Gasteiger partial charge >= 0.3 is 5.97 Å². The fourth-order valence-corrected chi connectivity index (χ4v) is 3.42. The molecule has 6 nitrogen and oxygen atoms in total. The zero-order chi connectivity index (χ0) is 23.8. The van der Waals surface area contributed by atoms with Gasteiger partial charge in [0, 0.05) is 0 Å². The van der Waals surface area contributed by atoms with E-state index in [2.05, 4.69) is 6.92 Å². The van der Waals surface area contributed by atoms with Crippen LogP contribution in [0, 0.1) is 0 Å². The van der Waals surface area contributed by atoms with E-state index < -0.39 is 17.7 Å². The fraction of sp³-hybridized carbons (Fsp3) is 0.440. The Bertz CT molecular complexity index is 802. The maximum atomic E-state index is 13.5. The lowest BCUT2D eigenvalue weighted by Gasteiger charge is -2.19. The zero-order valence-electron chi connectivity index (χ0n) is 19.1. The summed E-state index contributed by atoms with van der Waals surface area (Å²) in [6, 6.07) is 14.1. The summed E-state index contributed by atoms with van der Waals surface area (Å²) in [7, 11) is 4.69. The lowest BCUT2D eigenvalue weighted by atomic mass is 9.89. The largest absolute Gasteiger partial charge is 0.496 e. The van der Waals surface area contributed by atoms with Gasteiger partial charge in [-0.2, -0.15) is 0 Å². The molecule has 1 atom stereocenters. The highest BCUT2D eigenvalue weighted by molar-refractivity contribution is 7.00. The minimum Gasteiger partial charge on any atom is -0.496 e. The minimum absolute atomic E-state index is 0.243. The summed E-state index contributed by atoms with van der Waals surface area (Å²) in [5.41, 5.74) is 0.830. The van der Waals surface area contributed by atoms with Gasteiger partial charge in [-0.15, -0.1) is 0 Å². The van der Waals surface area contributed by atoms with Crippen molar-refractivity contribution in [3.8, 4) is 11.5 Å². The van der Waals surface area contributed by atoms with Crippen LogP contribution in [0.25, 0.3) is 0 Å². The van der Waals surface area contributed by atoms with Crippen LogP contribution in [-0.4, -0.2) is 32.6 Å². The molecule has 0 amide bonds. The highest BCUT2D eigenvalue weighted by Crippen LogP contribution is 2.34. The van der Waals surface area contributed by atoms with Crippen LogP contribution in [0.5, 0.6) is 11.5 Å². The SMILES string of the molecule is CCCCCCCCOC(=O)C(C(=O)c1c(OC)cccc1OC)c1ccccc1.O=P. The molecule has 2 aromatic rings.